The lowest BCUT2D eigenvalue weighted by molar-refractivity contribution is 0.102. The lowest BCUT2D eigenvalue weighted by Crippen LogP contribution is -2.44. The van der Waals surface area contributed by atoms with E-state index in [0.717, 1.165) is 39.0 Å². The van der Waals surface area contributed by atoms with E-state index in [1.54, 1.807) is 47.4 Å². The minimum Gasteiger partial charge on any atom is -0.369 e. The number of carbonyl (C=O) groups is 1. The summed E-state index contributed by atoms with van der Waals surface area (Å²) in [5, 5.41) is 2.79. The Balaban J connectivity index is 1.44. The summed E-state index contributed by atoms with van der Waals surface area (Å²) in [6, 6.07) is 13.1. The average molecular weight is 430 g/mol. The maximum absolute atomic E-state index is 13.3. The van der Waals surface area contributed by atoms with Crippen LogP contribution in [0, 0.1) is 0 Å². The Labute approximate surface area is 187 Å². The van der Waals surface area contributed by atoms with Crippen molar-refractivity contribution >= 4 is 17.3 Å². The number of likely N-dealkylation sites (N-methyl/N-ethyl adjacent to an activating group) is 1. The fraction of sp³-hybridized carbons (Fsp3) is 0.320. The highest BCUT2D eigenvalue weighted by molar-refractivity contribution is 6.03. The van der Waals surface area contributed by atoms with Crippen LogP contribution in [0.3, 0.4) is 0 Å². The molecule has 5 rings (SSSR count). The number of rotatable bonds is 4. The van der Waals surface area contributed by atoms with Crippen molar-refractivity contribution in [3.8, 4) is 0 Å². The van der Waals surface area contributed by atoms with Gasteiger partial charge < -0.3 is 19.7 Å². The maximum atomic E-state index is 13.3. The van der Waals surface area contributed by atoms with Gasteiger partial charge in [0.15, 0.2) is 0 Å². The Morgan fingerprint density at radius 2 is 1.81 bits per heavy atom. The third-order valence-corrected chi connectivity index (χ3v) is 6.55. The van der Waals surface area contributed by atoms with Crippen molar-refractivity contribution in [2.24, 2.45) is 0 Å². The van der Waals surface area contributed by atoms with E-state index in [0.29, 0.717) is 5.69 Å². The number of amides is 1. The summed E-state index contributed by atoms with van der Waals surface area (Å²) in [6.07, 6.45) is 6.80. The fourth-order valence-corrected chi connectivity index (χ4v) is 4.81. The lowest BCUT2D eigenvalue weighted by Gasteiger charge is -2.35. The van der Waals surface area contributed by atoms with Crippen LogP contribution in [0.5, 0.6) is 0 Å². The molecule has 7 heteroatoms. The van der Waals surface area contributed by atoms with Crippen LogP contribution in [0.4, 0.5) is 11.4 Å². The van der Waals surface area contributed by atoms with Crippen LogP contribution >= 0.6 is 0 Å². The minimum absolute atomic E-state index is 0.0569. The summed E-state index contributed by atoms with van der Waals surface area (Å²) in [4.78, 5) is 34.8. The van der Waals surface area contributed by atoms with Crippen LogP contribution in [0.25, 0.3) is 0 Å². The average Bonchev–Trinajstić information content (AvgIpc) is 3.24. The molecule has 0 bridgehead atoms. The van der Waals surface area contributed by atoms with Crippen molar-refractivity contribution in [3.05, 3.63) is 88.1 Å². The molecule has 1 atom stereocenters. The largest absolute Gasteiger partial charge is 0.369 e. The fourth-order valence-electron chi connectivity index (χ4n) is 4.81. The molecule has 164 valence electrons. The van der Waals surface area contributed by atoms with Gasteiger partial charge in [0.25, 0.3) is 11.5 Å². The van der Waals surface area contributed by atoms with E-state index in [4.69, 9.17) is 0 Å². The van der Waals surface area contributed by atoms with Gasteiger partial charge in [0.05, 0.1) is 6.04 Å². The molecular weight excluding hydrogens is 402 g/mol. The van der Waals surface area contributed by atoms with Crippen LogP contribution in [0.15, 0.2) is 65.8 Å². The van der Waals surface area contributed by atoms with Crippen molar-refractivity contribution in [3.63, 3.8) is 0 Å². The smallest absolute Gasteiger partial charge is 0.263 e. The number of carbonyl (C=O) groups excluding carboxylic acids is 1. The summed E-state index contributed by atoms with van der Waals surface area (Å²) in [5.74, 6) is -0.403. The normalized spacial score (nSPS) is 18.4. The Morgan fingerprint density at radius 1 is 1.03 bits per heavy atom. The van der Waals surface area contributed by atoms with Crippen LogP contribution < -0.4 is 15.8 Å². The van der Waals surface area contributed by atoms with E-state index in [9.17, 15) is 9.59 Å². The molecule has 32 heavy (non-hydrogen) atoms. The third-order valence-electron chi connectivity index (χ3n) is 6.55. The molecule has 1 aliphatic carbocycles. The Bertz CT molecular complexity index is 1180. The second-order valence-corrected chi connectivity index (χ2v) is 8.51. The number of hydrogen-bond donors (Lipinski definition) is 1. The number of nitrogens with one attached hydrogen (secondary N) is 1. The van der Waals surface area contributed by atoms with Gasteiger partial charge in [-0.05, 0) is 61.3 Å². The zero-order chi connectivity index (χ0) is 22.1. The van der Waals surface area contributed by atoms with E-state index < -0.39 is 5.91 Å². The Hall–Kier alpha value is -3.45. The molecule has 0 saturated carbocycles. The molecule has 1 amide bonds. The second kappa shape index (κ2) is 8.59. The molecule has 0 radical (unpaired) electrons. The van der Waals surface area contributed by atoms with E-state index in [2.05, 4.69) is 45.3 Å². The van der Waals surface area contributed by atoms with E-state index in [1.165, 1.54) is 16.8 Å². The SMILES string of the molecule is CN1CCN(c2cccc3c2CCC3n2cccc(C(=O)Nc3ccncc3)c2=O)CC1. The summed E-state index contributed by atoms with van der Waals surface area (Å²) in [5.41, 5.74) is 4.31. The molecular formula is C25H27N5O2. The van der Waals surface area contributed by atoms with Crippen molar-refractivity contribution in [1.29, 1.82) is 0 Å². The Kier molecular flexibility index (Phi) is 5.49. The molecule has 1 fully saturated rings. The van der Waals surface area contributed by atoms with Crippen LogP contribution in [-0.2, 0) is 6.42 Å². The topological polar surface area (TPSA) is 70.5 Å². The van der Waals surface area contributed by atoms with Crippen molar-refractivity contribution in [2.45, 2.75) is 18.9 Å². The Morgan fingerprint density at radius 3 is 2.59 bits per heavy atom. The van der Waals surface area contributed by atoms with Crippen LogP contribution in [0.1, 0.15) is 33.9 Å². The molecule has 2 aromatic heterocycles. The summed E-state index contributed by atoms with van der Waals surface area (Å²) < 4.78 is 1.72. The molecule has 1 saturated heterocycles. The van der Waals surface area contributed by atoms with Crippen molar-refractivity contribution in [2.75, 3.05) is 43.4 Å². The van der Waals surface area contributed by atoms with Crippen molar-refractivity contribution in [1.82, 2.24) is 14.5 Å². The molecule has 3 aromatic rings. The molecule has 3 heterocycles. The lowest BCUT2D eigenvalue weighted by atomic mass is 10.0. The molecule has 1 aliphatic heterocycles. The molecule has 7 nitrogen and oxygen atoms in total. The first-order valence-corrected chi connectivity index (χ1v) is 11.1. The van der Waals surface area contributed by atoms with Gasteiger partial charge in [-0.25, -0.2) is 0 Å². The van der Waals surface area contributed by atoms with Gasteiger partial charge in [-0.2, -0.15) is 0 Å². The predicted octanol–water partition coefficient (Wildman–Crippen LogP) is 2.78. The third kappa shape index (κ3) is 3.80. The van der Waals surface area contributed by atoms with Crippen LogP contribution in [0.2, 0.25) is 0 Å². The van der Waals surface area contributed by atoms with E-state index in [1.807, 2.05) is 0 Å². The van der Waals surface area contributed by atoms with Gasteiger partial charge >= 0.3 is 0 Å². The monoisotopic (exact) mass is 429 g/mol. The number of benzene rings is 1. The first kappa shape index (κ1) is 20.5. The van der Waals surface area contributed by atoms with Crippen molar-refractivity contribution < 1.29 is 4.79 Å². The second-order valence-electron chi connectivity index (χ2n) is 8.51. The maximum Gasteiger partial charge on any atom is 0.263 e. The quantitative estimate of drug-likeness (QED) is 0.691. The first-order chi connectivity index (χ1) is 15.6. The summed E-state index contributed by atoms with van der Waals surface area (Å²) in [6.45, 7) is 4.15. The summed E-state index contributed by atoms with van der Waals surface area (Å²) in [7, 11) is 2.16. The number of piperazine rings is 1. The number of fused-ring (bicyclic) bond motifs is 1. The zero-order valence-electron chi connectivity index (χ0n) is 18.2. The molecule has 1 aromatic carbocycles. The molecule has 1 unspecified atom stereocenters. The van der Waals surface area contributed by atoms with Gasteiger partial charge in [-0.1, -0.05) is 12.1 Å². The zero-order valence-corrected chi connectivity index (χ0v) is 18.2. The van der Waals surface area contributed by atoms with Gasteiger partial charge in [-0.3, -0.25) is 14.6 Å². The van der Waals surface area contributed by atoms with Gasteiger partial charge in [0.2, 0.25) is 0 Å². The standard InChI is InChI=1S/C25H27N5O2/c1-28-14-16-29(17-15-28)22-6-2-4-19-20(22)7-8-23(19)30-13-3-5-21(25(30)32)24(31)27-18-9-11-26-12-10-18/h2-6,9-13,23H,7-8,14-17H2,1H3,(H,26,27,31). The highest BCUT2D eigenvalue weighted by Crippen LogP contribution is 2.39. The predicted molar refractivity (Wildman–Crippen MR) is 126 cm³/mol. The first-order valence-electron chi connectivity index (χ1n) is 11.1. The molecule has 0 spiro atoms. The minimum atomic E-state index is -0.403. The highest BCUT2D eigenvalue weighted by Gasteiger charge is 2.29. The van der Waals surface area contributed by atoms with Gasteiger partial charge in [-0.15, -0.1) is 0 Å². The number of pyridine rings is 2. The number of aromatic nitrogens is 2. The van der Waals surface area contributed by atoms with E-state index in [-0.39, 0.29) is 17.2 Å². The van der Waals surface area contributed by atoms with Gasteiger partial charge in [0, 0.05) is 56.1 Å². The number of hydrogen-bond acceptors (Lipinski definition) is 5. The number of anilines is 2. The molecule has 1 N–H and O–H groups in total. The van der Waals surface area contributed by atoms with E-state index >= 15 is 0 Å². The van der Waals surface area contributed by atoms with Crippen LogP contribution in [-0.4, -0.2) is 53.6 Å². The number of nitrogens with zero attached hydrogens (tertiary/aromatic N) is 4. The summed E-state index contributed by atoms with van der Waals surface area (Å²) >= 11 is 0. The van der Waals surface area contributed by atoms with Gasteiger partial charge in [0.1, 0.15) is 5.56 Å². The highest BCUT2D eigenvalue weighted by atomic mass is 16.2. The molecule has 2 aliphatic rings.